The molecule has 0 saturated carbocycles. The molecule has 0 bridgehead atoms. The normalized spacial score (nSPS) is 22.2. The molecule has 2 heterocycles. The zero-order chi connectivity index (χ0) is 17.5. The number of hydrogen-bond acceptors (Lipinski definition) is 4. The third-order valence-electron chi connectivity index (χ3n) is 4.39. The summed E-state index contributed by atoms with van der Waals surface area (Å²) in [5.74, 6) is 1.23. The standard InChI is InChI=1S/C17H19F3N2O2/c1-10-11(2)24-16(21-10)9-22-8-14(23)7-15(22)12-4-3-5-13(6-12)17(18,19)20/h3-6,14-15,23H,7-9H2,1-2H3/t14-,15-/m0/s1. The molecule has 1 aliphatic rings. The molecular formula is C17H19F3N2O2. The van der Waals surface area contributed by atoms with E-state index in [0.29, 0.717) is 31.0 Å². The minimum Gasteiger partial charge on any atom is -0.444 e. The molecule has 0 radical (unpaired) electrons. The number of hydrogen-bond donors (Lipinski definition) is 1. The highest BCUT2D eigenvalue weighted by Gasteiger charge is 2.35. The van der Waals surface area contributed by atoms with E-state index in [2.05, 4.69) is 4.98 Å². The first kappa shape index (κ1) is 17.0. The number of nitrogens with zero attached hydrogens (tertiary/aromatic N) is 2. The number of halogens is 3. The van der Waals surface area contributed by atoms with Crippen LogP contribution in [-0.2, 0) is 12.7 Å². The largest absolute Gasteiger partial charge is 0.444 e. The molecule has 4 nitrogen and oxygen atoms in total. The SMILES string of the molecule is Cc1nc(CN2C[C@@H](O)C[C@H]2c2cccc(C(F)(F)F)c2)oc1C. The predicted molar refractivity (Wildman–Crippen MR) is 81.2 cm³/mol. The Labute approximate surface area is 137 Å². The summed E-state index contributed by atoms with van der Waals surface area (Å²) in [6, 6.07) is 4.98. The molecule has 130 valence electrons. The van der Waals surface area contributed by atoms with E-state index in [0.717, 1.165) is 23.6 Å². The molecule has 24 heavy (non-hydrogen) atoms. The second-order valence-corrected chi connectivity index (χ2v) is 6.21. The number of aliphatic hydroxyl groups is 1. The first-order chi connectivity index (χ1) is 11.2. The summed E-state index contributed by atoms with van der Waals surface area (Å²) in [5, 5.41) is 9.98. The fourth-order valence-electron chi connectivity index (χ4n) is 3.10. The Morgan fingerprint density at radius 2 is 2.08 bits per heavy atom. The van der Waals surface area contributed by atoms with Crippen LogP contribution in [0.15, 0.2) is 28.7 Å². The highest BCUT2D eigenvalue weighted by molar-refractivity contribution is 5.29. The van der Waals surface area contributed by atoms with Gasteiger partial charge < -0.3 is 9.52 Å². The van der Waals surface area contributed by atoms with E-state index in [1.54, 1.807) is 6.07 Å². The summed E-state index contributed by atoms with van der Waals surface area (Å²) < 4.78 is 44.4. The second-order valence-electron chi connectivity index (χ2n) is 6.21. The zero-order valence-corrected chi connectivity index (χ0v) is 13.5. The lowest BCUT2D eigenvalue weighted by Crippen LogP contribution is -2.24. The molecular weight excluding hydrogens is 321 g/mol. The monoisotopic (exact) mass is 340 g/mol. The summed E-state index contributed by atoms with van der Waals surface area (Å²) in [5.41, 5.74) is 0.658. The first-order valence-corrected chi connectivity index (χ1v) is 7.76. The van der Waals surface area contributed by atoms with Crippen LogP contribution in [0.4, 0.5) is 13.2 Å². The van der Waals surface area contributed by atoms with Crippen LogP contribution in [0.1, 0.15) is 40.9 Å². The molecule has 1 aromatic heterocycles. The number of rotatable bonds is 3. The second kappa shape index (κ2) is 6.22. The molecule has 2 aromatic rings. The van der Waals surface area contributed by atoms with Gasteiger partial charge in [-0.1, -0.05) is 12.1 Å². The smallest absolute Gasteiger partial charge is 0.416 e. The quantitative estimate of drug-likeness (QED) is 0.927. The Kier molecular flexibility index (Phi) is 4.40. The van der Waals surface area contributed by atoms with Crippen molar-refractivity contribution in [2.75, 3.05) is 6.54 Å². The molecule has 0 aliphatic carbocycles. The number of benzene rings is 1. The van der Waals surface area contributed by atoms with Gasteiger partial charge in [-0.05, 0) is 38.0 Å². The Hall–Kier alpha value is -1.86. The van der Waals surface area contributed by atoms with Crippen molar-refractivity contribution in [1.82, 2.24) is 9.88 Å². The van der Waals surface area contributed by atoms with E-state index in [1.165, 1.54) is 6.07 Å². The van der Waals surface area contributed by atoms with E-state index in [9.17, 15) is 18.3 Å². The molecule has 0 unspecified atom stereocenters. The highest BCUT2D eigenvalue weighted by atomic mass is 19.4. The fourth-order valence-corrected chi connectivity index (χ4v) is 3.10. The number of β-amino-alcohol motifs (C(OH)–C–C–N with tert-alkyl or cyclic N) is 1. The Bertz CT molecular complexity index is 707. The van der Waals surface area contributed by atoms with Gasteiger partial charge in [-0.25, -0.2) is 4.98 Å². The van der Waals surface area contributed by atoms with E-state index in [4.69, 9.17) is 4.42 Å². The van der Waals surface area contributed by atoms with Crippen molar-refractivity contribution in [3.05, 3.63) is 52.7 Å². The number of aliphatic hydroxyl groups excluding tert-OH is 1. The molecule has 0 spiro atoms. The summed E-state index contributed by atoms with van der Waals surface area (Å²) in [6.45, 7) is 4.38. The van der Waals surface area contributed by atoms with Gasteiger partial charge in [0.25, 0.3) is 0 Å². The molecule has 1 fully saturated rings. The average molecular weight is 340 g/mol. The fraction of sp³-hybridized carbons (Fsp3) is 0.471. The molecule has 0 amide bonds. The van der Waals surface area contributed by atoms with Crippen molar-refractivity contribution >= 4 is 0 Å². The summed E-state index contributed by atoms with van der Waals surface area (Å²) >= 11 is 0. The molecule has 7 heteroatoms. The third kappa shape index (κ3) is 3.47. The van der Waals surface area contributed by atoms with Gasteiger partial charge in [-0.15, -0.1) is 0 Å². The van der Waals surface area contributed by atoms with Crippen molar-refractivity contribution < 1.29 is 22.7 Å². The lowest BCUT2D eigenvalue weighted by Gasteiger charge is -2.23. The van der Waals surface area contributed by atoms with Gasteiger partial charge in [0, 0.05) is 12.6 Å². The lowest BCUT2D eigenvalue weighted by molar-refractivity contribution is -0.137. The van der Waals surface area contributed by atoms with Crippen LogP contribution in [0.5, 0.6) is 0 Å². The van der Waals surface area contributed by atoms with Crippen LogP contribution in [0, 0.1) is 13.8 Å². The van der Waals surface area contributed by atoms with Crippen molar-refractivity contribution in [3.63, 3.8) is 0 Å². The zero-order valence-electron chi connectivity index (χ0n) is 13.5. The maximum absolute atomic E-state index is 12.9. The average Bonchev–Trinajstić information content (AvgIpc) is 3.01. The van der Waals surface area contributed by atoms with Gasteiger partial charge in [0.15, 0.2) is 0 Å². The first-order valence-electron chi connectivity index (χ1n) is 7.76. The minimum absolute atomic E-state index is 0.296. The maximum Gasteiger partial charge on any atom is 0.416 e. The number of likely N-dealkylation sites (tertiary alicyclic amines) is 1. The summed E-state index contributed by atoms with van der Waals surface area (Å²) in [4.78, 5) is 6.22. The third-order valence-corrected chi connectivity index (χ3v) is 4.39. The van der Waals surface area contributed by atoms with Crippen LogP contribution < -0.4 is 0 Å². The Balaban J connectivity index is 1.85. The highest BCUT2D eigenvalue weighted by Crippen LogP contribution is 2.36. The number of oxazole rings is 1. The van der Waals surface area contributed by atoms with Gasteiger partial charge >= 0.3 is 6.18 Å². The van der Waals surface area contributed by atoms with Crippen molar-refractivity contribution in [2.24, 2.45) is 0 Å². The van der Waals surface area contributed by atoms with E-state index in [1.807, 2.05) is 18.7 Å². The molecule has 2 atom stereocenters. The van der Waals surface area contributed by atoms with E-state index in [-0.39, 0.29) is 6.04 Å². The van der Waals surface area contributed by atoms with Gasteiger partial charge in [0.05, 0.1) is 23.9 Å². The predicted octanol–water partition coefficient (Wildman–Crippen LogP) is 3.62. The molecule has 1 aromatic carbocycles. The Morgan fingerprint density at radius 3 is 2.71 bits per heavy atom. The van der Waals surface area contributed by atoms with Gasteiger partial charge in [0.2, 0.25) is 5.89 Å². The van der Waals surface area contributed by atoms with E-state index >= 15 is 0 Å². The molecule has 1 N–H and O–H groups in total. The maximum atomic E-state index is 12.9. The van der Waals surface area contributed by atoms with Crippen LogP contribution in [0.25, 0.3) is 0 Å². The summed E-state index contributed by atoms with van der Waals surface area (Å²) in [6.07, 6.45) is -4.57. The number of aromatic nitrogens is 1. The van der Waals surface area contributed by atoms with Crippen LogP contribution >= 0.6 is 0 Å². The molecule has 1 aliphatic heterocycles. The van der Waals surface area contributed by atoms with Gasteiger partial charge in [0.1, 0.15) is 5.76 Å². The van der Waals surface area contributed by atoms with E-state index < -0.39 is 17.8 Å². The number of aryl methyl sites for hydroxylation is 2. The molecule has 1 saturated heterocycles. The topological polar surface area (TPSA) is 49.5 Å². The van der Waals surface area contributed by atoms with Crippen LogP contribution in [0.2, 0.25) is 0 Å². The van der Waals surface area contributed by atoms with Crippen molar-refractivity contribution in [3.8, 4) is 0 Å². The minimum atomic E-state index is -4.38. The Morgan fingerprint density at radius 1 is 1.33 bits per heavy atom. The van der Waals surface area contributed by atoms with Crippen LogP contribution in [0.3, 0.4) is 0 Å². The van der Waals surface area contributed by atoms with Crippen LogP contribution in [-0.4, -0.2) is 27.6 Å². The van der Waals surface area contributed by atoms with Crippen molar-refractivity contribution in [1.29, 1.82) is 0 Å². The molecule has 3 rings (SSSR count). The van der Waals surface area contributed by atoms with Crippen molar-refractivity contribution in [2.45, 2.75) is 45.1 Å². The summed E-state index contributed by atoms with van der Waals surface area (Å²) in [7, 11) is 0. The van der Waals surface area contributed by atoms with Gasteiger partial charge in [-0.2, -0.15) is 13.2 Å². The number of alkyl halides is 3. The lowest BCUT2D eigenvalue weighted by atomic mass is 10.0. The van der Waals surface area contributed by atoms with Gasteiger partial charge in [-0.3, -0.25) is 4.90 Å².